The minimum absolute atomic E-state index is 0.354. The van der Waals surface area contributed by atoms with Crippen molar-refractivity contribution >= 4 is 12.2 Å². The Morgan fingerprint density at radius 1 is 1.46 bits per heavy atom. The van der Waals surface area contributed by atoms with Gasteiger partial charge in [-0.05, 0) is 11.1 Å². The van der Waals surface area contributed by atoms with Gasteiger partial charge in [-0.1, -0.05) is 24.3 Å². The molecule has 0 amide bonds. The summed E-state index contributed by atoms with van der Waals surface area (Å²) in [5.41, 5.74) is 1.78. The van der Waals surface area contributed by atoms with Gasteiger partial charge in [0.15, 0.2) is 0 Å². The van der Waals surface area contributed by atoms with E-state index in [-0.39, 0.29) is 0 Å². The summed E-state index contributed by atoms with van der Waals surface area (Å²) in [4.78, 5) is 14.9. The Morgan fingerprint density at radius 3 is 3.00 bits per heavy atom. The van der Waals surface area contributed by atoms with E-state index in [9.17, 15) is 4.79 Å². The number of hydrogen-bond acceptors (Lipinski definition) is 2. The molecule has 0 spiro atoms. The molecule has 0 saturated carbocycles. The summed E-state index contributed by atoms with van der Waals surface area (Å²) in [6.45, 7) is 0.354. The molecule has 0 fully saturated rings. The van der Waals surface area contributed by atoms with Crippen LogP contribution in [-0.2, 0) is 4.79 Å². The highest BCUT2D eigenvalue weighted by Gasteiger charge is 2.23. The van der Waals surface area contributed by atoms with Gasteiger partial charge in [-0.3, -0.25) is 9.79 Å². The normalized spacial score (nSPS) is 19.5. The van der Waals surface area contributed by atoms with Crippen molar-refractivity contribution in [2.75, 3.05) is 6.54 Å². The van der Waals surface area contributed by atoms with Gasteiger partial charge in [0.2, 0.25) is 0 Å². The van der Waals surface area contributed by atoms with E-state index in [1.54, 1.807) is 6.21 Å². The van der Waals surface area contributed by atoms with Crippen molar-refractivity contribution < 1.29 is 9.90 Å². The van der Waals surface area contributed by atoms with Crippen LogP contribution < -0.4 is 0 Å². The van der Waals surface area contributed by atoms with Crippen LogP contribution in [0.5, 0.6) is 0 Å². The van der Waals surface area contributed by atoms with Crippen LogP contribution in [0.3, 0.4) is 0 Å². The summed E-state index contributed by atoms with van der Waals surface area (Å²) in [5, 5.41) is 8.91. The van der Waals surface area contributed by atoms with Crippen molar-refractivity contribution in [2.45, 2.75) is 5.92 Å². The molecule has 0 bridgehead atoms. The number of rotatable bonds is 1. The van der Waals surface area contributed by atoms with Crippen LogP contribution in [0.4, 0.5) is 0 Å². The predicted octanol–water partition coefficient (Wildman–Crippen LogP) is 1.29. The lowest BCUT2D eigenvalue weighted by Gasteiger charge is -2.16. The van der Waals surface area contributed by atoms with Crippen LogP contribution in [0.25, 0.3) is 0 Å². The predicted molar refractivity (Wildman–Crippen MR) is 49.3 cm³/mol. The minimum atomic E-state index is -0.802. The van der Waals surface area contributed by atoms with Gasteiger partial charge in [0.05, 0.1) is 6.54 Å². The van der Waals surface area contributed by atoms with Crippen LogP contribution in [0, 0.1) is 0 Å². The third kappa shape index (κ3) is 1.33. The van der Waals surface area contributed by atoms with Gasteiger partial charge in [-0.2, -0.15) is 0 Å². The van der Waals surface area contributed by atoms with Gasteiger partial charge in [0, 0.05) is 6.21 Å². The van der Waals surface area contributed by atoms with Crippen molar-refractivity contribution in [3.05, 3.63) is 35.4 Å². The molecule has 2 rings (SSSR count). The molecule has 0 aromatic heterocycles. The maximum Gasteiger partial charge on any atom is 0.312 e. The molecule has 1 aromatic carbocycles. The number of carboxylic acids is 1. The molecule has 1 unspecified atom stereocenters. The molecular weight excluding hydrogens is 166 g/mol. The molecule has 1 atom stereocenters. The van der Waals surface area contributed by atoms with Gasteiger partial charge in [-0.25, -0.2) is 0 Å². The summed E-state index contributed by atoms with van der Waals surface area (Å²) in [5.74, 6) is -1.27. The van der Waals surface area contributed by atoms with E-state index in [1.807, 2.05) is 24.3 Å². The van der Waals surface area contributed by atoms with Crippen molar-refractivity contribution in [1.29, 1.82) is 0 Å². The highest BCUT2D eigenvalue weighted by atomic mass is 16.4. The van der Waals surface area contributed by atoms with Crippen LogP contribution in [-0.4, -0.2) is 23.8 Å². The van der Waals surface area contributed by atoms with Crippen molar-refractivity contribution in [2.24, 2.45) is 4.99 Å². The molecule has 0 saturated heterocycles. The first-order valence-electron chi connectivity index (χ1n) is 4.10. The molecule has 0 radical (unpaired) electrons. The second-order valence-corrected chi connectivity index (χ2v) is 3.01. The molecule has 1 aliphatic heterocycles. The largest absolute Gasteiger partial charge is 0.481 e. The van der Waals surface area contributed by atoms with E-state index in [1.165, 1.54) is 0 Å². The Hall–Kier alpha value is -1.64. The third-order valence-corrected chi connectivity index (χ3v) is 2.19. The lowest BCUT2D eigenvalue weighted by atomic mass is 9.93. The minimum Gasteiger partial charge on any atom is -0.481 e. The van der Waals surface area contributed by atoms with E-state index in [0.717, 1.165) is 11.1 Å². The number of nitrogens with zero attached hydrogens (tertiary/aromatic N) is 1. The monoisotopic (exact) mass is 175 g/mol. The highest BCUT2D eigenvalue weighted by molar-refractivity contribution is 5.88. The van der Waals surface area contributed by atoms with E-state index in [4.69, 9.17) is 5.11 Å². The number of carbonyl (C=O) groups is 1. The third-order valence-electron chi connectivity index (χ3n) is 2.19. The fourth-order valence-corrected chi connectivity index (χ4v) is 1.51. The second kappa shape index (κ2) is 3.01. The molecular formula is C10H9NO2. The van der Waals surface area contributed by atoms with E-state index in [2.05, 4.69) is 4.99 Å². The van der Waals surface area contributed by atoms with Gasteiger partial charge in [-0.15, -0.1) is 0 Å². The van der Waals surface area contributed by atoms with E-state index < -0.39 is 11.9 Å². The molecule has 0 aliphatic carbocycles. The van der Waals surface area contributed by atoms with Gasteiger partial charge >= 0.3 is 5.97 Å². The molecule has 3 heteroatoms. The Bertz CT molecular complexity index is 371. The smallest absolute Gasteiger partial charge is 0.312 e. The average Bonchev–Trinajstić information content (AvgIpc) is 2.17. The van der Waals surface area contributed by atoms with Crippen LogP contribution in [0.1, 0.15) is 17.0 Å². The fourth-order valence-electron chi connectivity index (χ4n) is 1.51. The van der Waals surface area contributed by atoms with Gasteiger partial charge in [0.25, 0.3) is 0 Å². The molecule has 66 valence electrons. The van der Waals surface area contributed by atoms with E-state index >= 15 is 0 Å². The summed E-state index contributed by atoms with van der Waals surface area (Å²) in [6, 6.07) is 7.47. The maximum atomic E-state index is 10.8. The summed E-state index contributed by atoms with van der Waals surface area (Å²) >= 11 is 0. The number of aliphatic carboxylic acids is 1. The van der Waals surface area contributed by atoms with Crippen molar-refractivity contribution in [3.63, 3.8) is 0 Å². The summed E-state index contributed by atoms with van der Waals surface area (Å²) in [6.07, 6.45) is 1.73. The Morgan fingerprint density at radius 2 is 2.23 bits per heavy atom. The first-order valence-corrected chi connectivity index (χ1v) is 4.10. The van der Waals surface area contributed by atoms with Crippen LogP contribution >= 0.6 is 0 Å². The number of carboxylic acid groups (broad SMARTS) is 1. The number of hydrogen-bond donors (Lipinski definition) is 1. The van der Waals surface area contributed by atoms with E-state index in [0.29, 0.717) is 6.54 Å². The standard InChI is InChI=1S/C10H9NO2/c12-10(13)9-6-11-5-7-3-1-2-4-8(7)9/h1-5,9H,6H2,(H,12,13). The van der Waals surface area contributed by atoms with Crippen LogP contribution in [0.15, 0.2) is 29.3 Å². The Labute approximate surface area is 75.7 Å². The zero-order valence-corrected chi connectivity index (χ0v) is 6.97. The topological polar surface area (TPSA) is 49.7 Å². The second-order valence-electron chi connectivity index (χ2n) is 3.01. The first kappa shape index (κ1) is 7.98. The number of benzene rings is 1. The lowest BCUT2D eigenvalue weighted by molar-refractivity contribution is -0.138. The molecule has 3 nitrogen and oxygen atoms in total. The highest BCUT2D eigenvalue weighted by Crippen LogP contribution is 2.22. The zero-order valence-electron chi connectivity index (χ0n) is 6.97. The van der Waals surface area contributed by atoms with Crippen molar-refractivity contribution in [1.82, 2.24) is 0 Å². The molecule has 1 aliphatic rings. The average molecular weight is 175 g/mol. The molecule has 1 aromatic rings. The Kier molecular flexibility index (Phi) is 1.85. The summed E-state index contributed by atoms with van der Waals surface area (Å²) < 4.78 is 0. The van der Waals surface area contributed by atoms with Crippen LogP contribution in [0.2, 0.25) is 0 Å². The molecule has 1 N–H and O–H groups in total. The van der Waals surface area contributed by atoms with Gasteiger partial charge < -0.3 is 5.11 Å². The molecule has 1 heterocycles. The van der Waals surface area contributed by atoms with Gasteiger partial charge in [0.1, 0.15) is 5.92 Å². The first-order chi connectivity index (χ1) is 6.29. The molecule has 13 heavy (non-hydrogen) atoms. The number of aliphatic imine (C=N–C) groups is 1. The lowest BCUT2D eigenvalue weighted by Crippen LogP contribution is -2.19. The Balaban J connectivity index is 2.49. The fraction of sp³-hybridized carbons (Fsp3) is 0.200. The SMILES string of the molecule is O=C(O)C1CN=Cc2ccccc21. The maximum absolute atomic E-state index is 10.8. The zero-order chi connectivity index (χ0) is 9.26. The van der Waals surface area contributed by atoms with Crippen molar-refractivity contribution in [3.8, 4) is 0 Å². The quantitative estimate of drug-likeness (QED) is 0.699. The summed E-state index contributed by atoms with van der Waals surface area (Å²) in [7, 11) is 0. The number of fused-ring (bicyclic) bond motifs is 1.